The minimum absolute atomic E-state index is 0.0695. The van der Waals surface area contributed by atoms with E-state index in [9.17, 15) is 17.6 Å². The highest BCUT2D eigenvalue weighted by molar-refractivity contribution is 5.65. The summed E-state index contributed by atoms with van der Waals surface area (Å²) in [5.74, 6) is 4.89. The number of aryl methyl sites for hydroxylation is 1. The normalized spacial score (nSPS) is 14.2. The van der Waals surface area contributed by atoms with Crippen molar-refractivity contribution in [3.8, 4) is 23.0 Å². The van der Waals surface area contributed by atoms with Gasteiger partial charge in [0, 0.05) is 17.0 Å². The Bertz CT molecular complexity index is 769. The van der Waals surface area contributed by atoms with Gasteiger partial charge in [-0.1, -0.05) is 36.1 Å². The van der Waals surface area contributed by atoms with Crippen molar-refractivity contribution in [2.75, 3.05) is 6.67 Å². The first-order valence-corrected chi connectivity index (χ1v) is 8.61. The lowest BCUT2D eigenvalue weighted by Gasteiger charge is -2.12. The number of halogens is 4. The molecule has 0 bridgehead atoms. The lowest BCUT2D eigenvalue weighted by molar-refractivity contribution is 0.212. The Morgan fingerprint density at radius 2 is 1.69 bits per heavy atom. The van der Waals surface area contributed by atoms with Gasteiger partial charge in [0.1, 0.15) is 18.7 Å². The van der Waals surface area contributed by atoms with E-state index in [4.69, 9.17) is 0 Å². The van der Waals surface area contributed by atoms with Crippen molar-refractivity contribution in [1.82, 2.24) is 0 Å². The monoisotopic (exact) mass is 362 g/mol. The van der Waals surface area contributed by atoms with Gasteiger partial charge in [0.2, 0.25) is 0 Å². The molecule has 0 aromatic heterocycles. The Morgan fingerprint density at radius 1 is 1.00 bits per heavy atom. The highest BCUT2D eigenvalue weighted by Crippen LogP contribution is 2.24. The maximum Gasteiger partial charge on any atom is 0.131 e. The molecule has 0 N–H and O–H groups in total. The van der Waals surface area contributed by atoms with Crippen molar-refractivity contribution in [3.05, 3.63) is 59.4 Å². The van der Waals surface area contributed by atoms with E-state index >= 15 is 0 Å². The van der Waals surface area contributed by atoms with Crippen molar-refractivity contribution in [3.63, 3.8) is 0 Å². The molecule has 2 aromatic carbocycles. The minimum Gasteiger partial charge on any atom is -0.248 e. The van der Waals surface area contributed by atoms with Crippen LogP contribution in [0.25, 0.3) is 11.1 Å². The highest BCUT2D eigenvalue weighted by atomic mass is 19.2. The first-order valence-electron chi connectivity index (χ1n) is 8.61. The van der Waals surface area contributed by atoms with Crippen LogP contribution >= 0.6 is 0 Å². The third kappa shape index (κ3) is 5.91. The van der Waals surface area contributed by atoms with Gasteiger partial charge in [-0.05, 0) is 56.0 Å². The Kier molecular flexibility index (Phi) is 7.26. The lowest BCUT2D eigenvalue weighted by atomic mass is 9.96. The molecule has 26 heavy (non-hydrogen) atoms. The second-order valence-electron chi connectivity index (χ2n) is 6.53. The first-order chi connectivity index (χ1) is 12.4. The molecule has 138 valence electrons. The van der Waals surface area contributed by atoms with Gasteiger partial charge in [-0.25, -0.2) is 17.6 Å². The molecule has 0 aliphatic carbocycles. The number of alkyl halides is 3. The third-order valence-corrected chi connectivity index (χ3v) is 4.06. The summed E-state index contributed by atoms with van der Waals surface area (Å²) in [5, 5.41) is 0. The zero-order valence-electron chi connectivity index (χ0n) is 14.9. The average Bonchev–Trinajstić information content (AvgIpc) is 2.59. The van der Waals surface area contributed by atoms with E-state index in [-0.39, 0.29) is 18.7 Å². The van der Waals surface area contributed by atoms with Crippen LogP contribution in [0.5, 0.6) is 0 Å². The van der Waals surface area contributed by atoms with Crippen molar-refractivity contribution < 1.29 is 17.6 Å². The predicted molar refractivity (Wildman–Crippen MR) is 97.6 cm³/mol. The molecule has 0 saturated heterocycles. The van der Waals surface area contributed by atoms with Gasteiger partial charge < -0.3 is 0 Å². The summed E-state index contributed by atoms with van der Waals surface area (Å²) in [4.78, 5) is 0. The average molecular weight is 362 g/mol. The molecule has 4 heteroatoms. The van der Waals surface area contributed by atoms with Crippen LogP contribution in [0.3, 0.4) is 0 Å². The zero-order chi connectivity index (χ0) is 19.1. The molecule has 2 rings (SSSR count). The minimum atomic E-state index is -1.63. The van der Waals surface area contributed by atoms with Gasteiger partial charge >= 0.3 is 0 Å². The maximum atomic E-state index is 14.0. The van der Waals surface area contributed by atoms with Crippen LogP contribution in [0.1, 0.15) is 30.9 Å². The summed E-state index contributed by atoms with van der Waals surface area (Å²) < 4.78 is 52.9. The molecular weight excluding hydrogens is 340 g/mol. The topological polar surface area (TPSA) is 0 Å². The Hall–Kier alpha value is -2.28. The second-order valence-corrected chi connectivity index (χ2v) is 6.53. The van der Waals surface area contributed by atoms with E-state index in [0.29, 0.717) is 11.1 Å². The summed E-state index contributed by atoms with van der Waals surface area (Å²) in [5.41, 5.74) is 2.74. The molecule has 0 amide bonds. The van der Waals surface area contributed by atoms with Crippen molar-refractivity contribution in [2.24, 2.45) is 5.92 Å². The smallest absolute Gasteiger partial charge is 0.131 e. The Morgan fingerprint density at radius 3 is 2.27 bits per heavy atom. The molecule has 0 spiro atoms. The number of benzene rings is 2. The van der Waals surface area contributed by atoms with Crippen molar-refractivity contribution in [2.45, 2.75) is 39.0 Å². The highest BCUT2D eigenvalue weighted by Gasteiger charge is 2.16. The maximum absolute atomic E-state index is 14.0. The van der Waals surface area contributed by atoms with E-state index in [1.165, 1.54) is 13.0 Å². The van der Waals surface area contributed by atoms with Gasteiger partial charge in [0.25, 0.3) is 0 Å². The van der Waals surface area contributed by atoms with Crippen LogP contribution in [0.4, 0.5) is 17.6 Å². The Balaban J connectivity index is 2.16. The molecular formula is C22H22F4. The summed E-state index contributed by atoms with van der Waals surface area (Å²) in [6.45, 7) is 2.11. The van der Waals surface area contributed by atoms with Gasteiger partial charge in [0.05, 0.1) is 6.17 Å². The van der Waals surface area contributed by atoms with E-state index in [1.54, 1.807) is 30.3 Å². The molecule has 0 radical (unpaired) electrons. The third-order valence-electron chi connectivity index (χ3n) is 4.06. The van der Waals surface area contributed by atoms with Gasteiger partial charge in [-0.2, -0.15) is 0 Å². The fourth-order valence-electron chi connectivity index (χ4n) is 2.75. The van der Waals surface area contributed by atoms with Crippen LogP contribution < -0.4 is 0 Å². The van der Waals surface area contributed by atoms with Crippen LogP contribution in [0.2, 0.25) is 0 Å². The van der Waals surface area contributed by atoms with Crippen molar-refractivity contribution in [1.29, 1.82) is 0 Å². The molecule has 0 saturated carbocycles. The van der Waals surface area contributed by atoms with E-state index in [1.807, 2.05) is 13.0 Å². The SMILES string of the molecule is Cc1ccc(-c2ccc(C#CC(CC(C)F)CC(F)CF)cc2)c(F)c1. The van der Waals surface area contributed by atoms with Gasteiger partial charge in [0.15, 0.2) is 0 Å². The Labute approximate surface area is 152 Å². The van der Waals surface area contributed by atoms with Crippen molar-refractivity contribution >= 4 is 0 Å². The largest absolute Gasteiger partial charge is 0.248 e. The first kappa shape index (κ1) is 20.0. The molecule has 3 atom stereocenters. The fraction of sp³-hybridized carbons (Fsp3) is 0.364. The number of hydrogen-bond donors (Lipinski definition) is 0. The molecule has 0 nitrogen and oxygen atoms in total. The summed E-state index contributed by atoms with van der Waals surface area (Å²) in [7, 11) is 0. The van der Waals surface area contributed by atoms with Gasteiger partial charge in [-0.3, -0.25) is 0 Å². The molecule has 0 heterocycles. The molecule has 3 unspecified atom stereocenters. The summed E-state index contributed by atoms with van der Waals surface area (Å²) >= 11 is 0. The molecule has 0 fully saturated rings. The lowest BCUT2D eigenvalue weighted by Crippen LogP contribution is -2.13. The second kappa shape index (κ2) is 9.43. The van der Waals surface area contributed by atoms with Crippen LogP contribution in [-0.4, -0.2) is 19.0 Å². The summed E-state index contributed by atoms with van der Waals surface area (Å²) in [6, 6.07) is 12.0. The van der Waals surface area contributed by atoms with E-state index in [0.717, 1.165) is 11.1 Å². The zero-order valence-corrected chi connectivity index (χ0v) is 14.9. The van der Waals surface area contributed by atoms with Gasteiger partial charge in [-0.15, -0.1) is 0 Å². The number of hydrogen-bond acceptors (Lipinski definition) is 0. The molecule has 0 aliphatic rings. The molecule has 0 aliphatic heterocycles. The fourth-order valence-corrected chi connectivity index (χ4v) is 2.75. The predicted octanol–water partition coefficient (Wildman–Crippen LogP) is 6.21. The summed E-state index contributed by atoms with van der Waals surface area (Å²) in [6.07, 6.45) is -2.81. The van der Waals surface area contributed by atoms with Crippen LogP contribution in [-0.2, 0) is 0 Å². The quantitative estimate of drug-likeness (QED) is 0.423. The van der Waals surface area contributed by atoms with Crippen LogP contribution in [0, 0.1) is 30.5 Å². The standard InChI is InChI=1S/C22H22F4/c1-15-3-10-21(22(26)11-15)19-8-6-17(7-9-19)4-5-18(12-16(2)24)13-20(25)14-23/h3,6-11,16,18,20H,12-14H2,1-2H3. The van der Waals surface area contributed by atoms with E-state index < -0.39 is 24.9 Å². The number of rotatable bonds is 6. The van der Waals surface area contributed by atoms with Crippen LogP contribution in [0.15, 0.2) is 42.5 Å². The molecule has 2 aromatic rings. The van der Waals surface area contributed by atoms with E-state index in [2.05, 4.69) is 11.8 Å².